The third-order valence-corrected chi connectivity index (χ3v) is 3.98. The average Bonchev–Trinajstić information content (AvgIpc) is 2.36. The molecule has 0 saturated carbocycles. The number of aliphatic hydroxyl groups excluding tert-OH is 1. The molecule has 0 aliphatic rings. The van der Waals surface area contributed by atoms with Crippen LogP contribution in [0.1, 0.15) is 33.9 Å². The minimum Gasteiger partial charge on any atom is -0.388 e. The predicted molar refractivity (Wildman–Crippen MR) is 80.7 cm³/mol. The van der Waals surface area contributed by atoms with E-state index in [1.165, 1.54) is 11.6 Å². The number of hydrogen-bond acceptors (Lipinski definition) is 1. The molecule has 0 aliphatic carbocycles. The summed E-state index contributed by atoms with van der Waals surface area (Å²) in [4.78, 5) is 0. The summed E-state index contributed by atoms with van der Waals surface area (Å²) >= 11 is 5.92. The minimum absolute atomic E-state index is 0.00224. The van der Waals surface area contributed by atoms with Crippen molar-refractivity contribution in [3.63, 3.8) is 0 Å². The number of hydrogen-bond donors (Lipinski definition) is 1. The van der Waals surface area contributed by atoms with Crippen LogP contribution in [0.5, 0.6) is 0 Å². The molecule has 0 radical (unpaired) electrons. The molecule has 0 aromatic heterocycles. The van der Waals surface area contributed by atoms with Crippen molar-refractivity contribution < 1.29 is 9.50 Å². The molecule has 1 unspecified atom stereocenters. The van der Waals surface area contributed by atoms with Crippen molar-refractivity contribution in [2.45, 2.75) is 33.3 Å². The molecule has 2 aromatic carbocycles. The summed E-state index contributed by atoms with van der Waals surface area (Å²) in [6.45, 7) is 6.09. The van der Waals surface area contributed by atoms with Crippen LogP contribution in [-0.2, 0) is 6.42 Å². The highest BCUT2D eigenvalue weighted by molar-refractivity contribution is 6.31. The molecule has 1 N–H and O–H groups in total. The molecular formula is C17H18ClFO. The monoisotopic (exact) mass is 292 g/mol. The van der Waals surface area contributed by atoms with Crippen LogP contribution in [0.15, 0.2) is 30.3 Å². The normalized spacial score (nSPS) is 12.5. The summed E-state index contributed by atoms with van der Waals surface area (Å²) < 4.78 is 13.4. The van der Waals surface area contributed by atoms with Crippen LogP contribution in [-0.4, -0.2) is 5.11 Å². The minimum atomic E-state index is -0.807. The van der Waals surface area contributed by atoms with Crippen molar-refractivity contribution in [1.82, 2.24) is 0 Å². The van der Waals surface area contributed by atoms with Gasteiger partial charge in [0, 0.05) is 12.0 Å². The van der Waals surface area contributed by atoms with Crippen molar-refractivity contribution >= 4 is 11.6 Å². The maximum atomic E-state index is 13.4. The van der Waals surface area contributed by atoms with E-state index in [4.69, 9.17) is 11.6 Å². The molecule has 0 spiro atoms. The lowest BCUT2D eigenvalue weighted by molar-refractivity contribution is 0.177. The second kappa shape index (κ2) is 5.94. The largest absolute Gasteiger partial charge is 0.388 e. The Labute approximate surface area is 124 Å². The molecule has 0 saturated heterocycles. The molecule has 0 bridgehead atoms. The molecule has 0 aliphatic heterocycles. The van der Waals surface area contributed by atoms with E-state index in [-0.39, 0.29) is 5.02 Å². The highest BCUT2D eigenvalue weighted by atomic mass is 35.5. The van der Waals surface area contributed by atoms with Crippen LogP contribution in [0.25, 0.3) is 0 Å². The zero-order valence-corrected chi connectivity index (χ0v) is 12.6. The Kier molecular flexibility index (Phi) is 4.46. The van der Waals surface area contributed by atoms with Crippen molar-refractivity contribution in [2.24, 2.45) is 0 Å². The standard InChI is InChI=1S/C17H18ClFO/c1-10-7-11(2)14(12(3)8-10)9-16(20)13-5-4-6-15(19)17(13)18/h4-8,16,20H,9H2,1-3H3. The summed E-state index contributed by atoms with van der Waals surface area (Å²) in [6, 6.07) is 8.69. The van der Waals surface area contributed by atoms with Gasteiger partial charge in [0.15, 0.2) is 0 Å². The van der Waals surface area contributed by atoms with Crippen LogP contribution in [0.4, 0.5) is 4.39 Å². The lowest BCUT2D eigenvalue weighted by atomic mass is 9.93. The summed E-state index contributed by atoms with van der Waals surface area (Å²) in [6.07, 6.45) is -0.375. The quantitative estimate of drug-likeness (QED) is 0.871. The summed E-state index contributed by atoms with van der Waals surface area (Å²) in [5.41, 5.74) is 4.99. The Morgan fingerprint density at radius 2 is 1.75 bits per heavy atom. The Balaban J connectivity index is 2.33. The van der Waals surface area contributed by atoms with E-state index in [1.54, 1.807) is 12.1 Å². The van der Waals surface area contributed by atoms with Crippen molar-refractivity contribution in [3.8, 4) is 0 Å². The van der Waals surface area contributed by atoms with E-state index in [1.807, 2.05) is 20.8 Å². The summed E-state index contributed by atoms with van der Waals surface area (Å²) in [7, 11) is 0. The Hall–Kier alpha value is -1.38. The lowest BCUT2D eigenvalue weighted by Gasteiger charge is -2.17. The van der Waals surface area contributed by atoms with E-state index in [0.29, 0.717) is 12.0 Å². The molecule has 0 heterocycles. The lowest BCUT2D eigenvalue weighted by Crippen LogP contribution is -2.06. The maximum Gasteiger partial charge on any atom is 0.142 e. The molecular weight excluding hydrogens is 275 g/mol. The van der Waals surface area contributed by atoms with E-state index in [9.17, 15) is 9.50 Å². The molecule has 0 fully saturated rings. The number of benzene rings is 2. The first-order chi connectivity index (χ1) is 9.40. The van der Waals surface area contributed by atoms with Crippen molar-refractivity contribution in [2.75, 3.05) is 0 Å². The number of halogens is 2. The fourth-order valence-electron chi connectivity index (χ4n) is 2.61. The zero-order chi connectivity index (χ0) is 14.9. The van der Waals surface area contributed by atoms with Gasteiger partial charge < -0.3 is 5.11 Å². The van der Waals surface area contributed by atoms with Crippen LogP contribution in [0.3, 0.4) is 0 Å². The smallest absolute Gasteiger partial charge is 0.142 e. The van der Waals surface area contributed by atoms with E-state index in [2.05, 4.69) is 12.1 Å². The van der Waals surface area contributed by atoms with E-state index >= 15 is 0 Å². The average molecular weight is 293 g/mol. The van der Waals surface area contributed by atoms with Gasteiger partial charge in [-0.1, -0.05) is 41.4 Å². The molecule has 0 amide bonds. The van der Waals surface area contributed by atoms with Gasteiger partial charge >= 0.3 is 0 Å². The fraction of sp³-hybridized carbons (Fsp3) is 0.294. The first kappa shape index (κ1) is 15.0. The third-order valence-electron chi connectivity index (χ3n) is 3.58. The highest BCUT2D eigenvalue weighted by Crippen LogP contribution is 2.29. The molecule has 3 heteroatoms. The van der Waals surface area contributed by atoms with Crippen molar-refractivity contribution in [1.29, 1.82) is 0 Å². The van der Waals surface area contributed by atoms with Gasteiger partial charge in [0.05, 0.1) is 11.1 Å². The van der Waals surface area contributed by atoms with Gasteiger partial charge in [-0.2, -0.15) is 0 Å². The van der Waals surface area contributed by atoms with Crippen LogP contribution >= 0.6 is 11.6 Å². The van der Waals surface area contributed by atoms with Gasteiger partial charge in [0.25, 0.3) is 0 Å². The van der Waals surface area contributed by atoms with Gasteiger partial charge in [0.2, 0.25) is 0 Å². The van der Waals surface area contributed by atoms with Gasteiger partial charge in [-0.15, -0.1) is 0 Å². The summed E-state index contributed by atoms with van der Waals surface area (Å²) in [5.74, 6) is -0.499. The number of aryl methyl sites for hydroxylation is 3. The van der Waals surface area contributed by atoms with Crippen LogP contribution < -0.4 is 0 Å². The Bertz CT molecular complexity index is 614. The number of aliphatic hydroxyl groups is 1. The van der Waals surface area contributed by atoms with Gasteiger partial charge in [-0.3, -0.25) is 0 Å². The SMILES string of the molecule is Cc1cc(C)c(CC(O)c2cccc(F)c2Cl)c(C)c1. The molecule has 1 nitrogen and oxygen atoms in total. The van der Waals surface area contributed by atoms with Gasteiger partial charge in [0.1, 0.15) is 5.82 Å². The highest BCUT2D eigenvalue weighted by Gasteiger charge is 2.17. The van der Waals surface area contributed by atoms with Crippen LogP contribution in [0, 0.1) is 26.6 Å². The topological polar surface area (TPSA) is 20.2 Å². The molecule has 2 aromatic rings. The van der Waals surface area contributed by atoms with E-state index < -0.39 is 11.9 Å². The Morgan fingerprint density at radius 3 is 2.35 bits per heavy atom. The van der Waals surface area contributed by atoms with Gasteiger partial charge in [-0.25, -0.2) is 4.39 Å². The molecule has 2 rings (SSSR count). The zero-order valence-electron chi connectivity index (χ0n) is 11.9. The van der Waals surface area contributed by atoms with Crippen LogP contribution in [0.2, 0.25) is 5.02 Å². The predicted octanol–water partition coefficient (Wildman–Crippen LogP) is 4.68. The third kappa shape index (κ3) is 3.02. The maximum absolute atomic E-state index is 13.4. The second-order valence-corrected chi connectivity index (χ2v) is 5.62. The van der Waals surface area contributed by atoms with E-state index in [0.717, 1.165) is 16.7 Å². The Morgan fingerprint density at radius 1 is 1.15 bits per heavy atom. The first-order valence-electron chi connectivity index (χ1n) is 6.59. The molecule has 20 heavy (non-hydrogen) atoms. The number of rotatable bonds is 3. The fourth-order valence-corrected chi connectivity index (χ4v) is 2.86. The van der Waals surface area contributed by atoms with Gasteiger partial charge in [-0.05, 0) is 43.5 Å². The first-order valence-corrected chi connectivity index (χ1v) is 6.96. The van der Waals surface area contributed by atoms with Crippen molar-refractivity contribution in [3.05, 3.63) is 69.0 Å². The summed E-state index contributed by atoms with van der Waals surface area (Å²) in [5, 5.41) is 10.3. The second-order valence-electron chi connectivity index (χ2n) is 5.24. The molecule has 106 valence electrons. The molecule has 1 atom stereocenters.